The Kier molecular flexibility index (Phi) is 5.04. The molecule has 0 saturated heterocycles. The maximum atomic E-state index is 4.65. The molecule has 1 aromatic heterocycles. The maximum Gasteiger partial charge on any atom is 0.0559 e. The highest BCUT2D eigenvalue weighted by Crippen LogP contribution is 2.38. The quantitative estimate of drug-likeness (QED) is 0.275. The van der Waals surface area contributed by atoms with E-state index in [1.165, 1.54) is 33.2 Å². The molecule has 33 heavy (non-hydrogen) atoms. The van der Waals surface area contributed by atoms with E-state index in [1.807, 2.05) is 0 Å². The Morgan fingerprint density at radius 2 is 1.39 bits per heavy atom. The first-order valence-corrected chi connectivity index (χ1v) is 11.7. The van der Waals surface area contributed by atoms with Crippen molar-refractivity contribution in [1.82, 2.24) is 4.57 Å². The number of hydrogen-bond donors (Lipinski definition) is 1. The molecule has 6 rings (SSSR count). The molecular formula is C30H24N2S. The third-order valence-electron chi connectivity index (χ3n) is 6.35. The highest BCUT2D eigenvalue weighted by Gasteiger charge is 2.21. The van der Waals surface area contributed by atoms with E-state index in [0.717, 1.165) is 17.0 Å². The van der Waals surface area contributed by atoms with E-state index in [4.69, 9.17) is 0 Å². The molecule has 4 aromatic carbocycles. The lowest BCUT2D eigenvalue weighted by Gasteiger charge is -2.32. The minimum Gasteiger partial charge on any atom is -0.334 e. The Hall–Kier alpha value is -3.69. The minimum absolute atomic E-state index is 0.276. The summed E-state index contributed by atoms with van der Waals surface area (Å²) in [5.74, 6) is 0. The van der Waals surface area contributed by atoms with Gasteiger partial charge in [-0.15, -0.1) is 12.6 Å². The van der Waals surface area contributed by atoms with Gasteiger partial charge in [0, 0.05) is 32.7 Å². The molecule has 1 aliphatic rings. The van der Waals surface area contributed by atoms with Gasteiger partial charge in [0.25, 0.3) is 0 Å². The number of fused-ring (bicyclic) bond motifs is 3. The summed E-state index contributed by atoms with van der Waals surface area (Å²) in [6.45, 7) is 0. The zero-order valence-corrected chi connectivity index (χ0v) is 19.1. The average molecular weight is 445 g/mol. The van der Waals surface area contributed by atoms with Gasteiger partial charge in [0.05, 0.1) is 17.1 Å². The van der Waals surface area contributed by atoms with E-state index in [0.29, 0.717) is 0 Å². The molecule has 0 N–H and O–H groups in total. The Morgan fingerprint density at radius 1 is 0.697 bits per heavy atom. The summed E-state index contributed by atoms with van der Waals surface area (Å²) in [6, 6.07) is 34.8. The topological polar surface area (TPSA) is 8.17 Å². The van der Waals surface area contributed by atoms with Gasteiger partial charge in [0.2, 0.25) is 0 Å². The molecule has 1 unspecified atom stereocenters. The van der Waals surface area contributed by atoms with Crippen molar-refractivity contribution in [3.63, 3.8) is 0 Å². The molecule has 0 radical (unpaired) electrons. The third-order valence-corrected chi connectivity index (χ3v) is 6.63. The van der Waals surface area contributed by atoms with Crippen LogP contribution in [0.5, 0.6) is 0 Å². The molecule has 1 atom stereocenters. The van der Waals surface area contributed by atoms with Gasteiger partial charge in [0.15, 0.2) is 0 Å². The zero-order chi connectivity index (χ0) is 22.2. The lowest BCUT2D eigenvalue weighted by molar-refractivity contribution is 0.785. The Morgan fingerprint density at radius 3 is 2.12 bits per heavy atom. The lowest BCUT2D eigenvalue weighted by atomic mass is 10.0. The van der Waals surface area contributed by atoms with Gasteiger partial charge in [-0.05, 0) is 67.1 Å². The fourth-order valence-electron chi connectivity index (χ4n) is 4.88. The minimum atomic E-state index is 0.276. The van der Waals surface area contributed by atoms with Crippen molar-refractivity contribution >= 4 is 45.8 Å². The zero-order valence-electron chi connectivity index (χ0n) is 18.2. The summed E-state index contributed by atoms with van der Waals surface area (Å²) in [5.41, 5.74) is 5.94. The van der Waals surface area contributed by atoms with Crippen LogP contribution < -0.4 is 4.90 Å². The van der Waals surface area contributed by atoms with Crippen molar-refractivity contribution in [2.45, 2.75) is 17.4 Å². The molecule has 1 aliphatic carbocycles. The van der Waals surface area contributed by atoms with Gasteiger partial charge in [-0.2, -0.15) is 0 Å². The molecule has 0 amide bonds. The molecular weight excluding hydrogens is 420 g/mol. The Bertz CT molecular complexity index is 1500. The van der Waals surface area contributed by atoms with E-state index < -0.39 is 0 Å². The predicted molar refractivity (Wildman–Crippen MR) is 143 cm³/mol. The van der Waals surface area contributed by atoms with E-state index in [1.54, 1.807) is 0 Å². The average Bonchev–Trinajstić information content (AvgIpc) is 3.19. The van der Waals surface area contributed by atoms with Gasteiger partial charge in [0.1, 0.15) is 0 Å². The number of hydrogen-bond acceptors (Lipinski definition) is 2. The molecule has 0 aliphatic heterocycles. The van der Waals surface area contributed by atoms with Crippen molar-refractivity contribution in [3.05, 3.63) is 121 Å². The maximum absolute atomic E-state index is 4.65. The van der Waals surface area contributed by atoms with Crippen LogP contribution in [0.4, 0.5) is 11.4 Å². The lowest BCUT2D eigenvalue weighted by Crippen LogP contribution is -2.29. The van der Waals surface area contributed by atoms with Crippen LogP contribution in [-0.4, -0.2) is 10.6 Å². The van der Waals surface area contributed by atoms with Gasteiger partial charge in [-0.3, -0.25) is 0 Å². The van der Waals surface area contributed by atoms with Crippen LogP contribution in [0.2, 0.25) is 0 Å². The molecule has 2 nitrogen and oxygen atoms in total. The molecule has 0 fully saturated rings. The van der Waals surface area contributed by atoms with Crippen molar-refractivity contribution < 1.29 is 0 Å². The molecule has 0 spiro atoms. The highest BCUT2D eigenvalue weighted by atomic mass is 32.1. The van der Waals surface area contributed by atoms with Crippen molar-refractivity contribution in [3.8, 4) is 5.69 Å². The fraction of sp³-hybridized carbons (Fsp3) is 0.0667. The van der Waals surface area contributed by atoms with E-state index in [2.05, 4.69) is 143 Å². The number of aromatic nitrogens is 1. The largest absolute Gasteiger partial charge is 0.334 e. The summed E-state index contributed by atoms with van der Waals surface area (Å²) in [7, 11) is 0. The first-order chi connectivity index (χ1) is 16.3. The summed E-state index contributed by atoms with van der Waals surface area (Å²) in [6.07, 6.45) is 9.79. The number of anilines is 2. The Labute approximate surface area is 199 Å². The summed E-state index contributed by atoms with van der Waals surface area (Å²) in [5, 5.41) is 2.45. The SMILES string of the molecule is Sc1ccc2c(c1)c1cc(N(c3ccccc3)C3C=CC=CC3)ccc1n2-c1ccccc1. The molecule has 1 heterocycles. The number of para-hydroxylation sites is 2. The molecule has 0 saturated carbocycles. The van der Waals surface area contributed by atoms with E-state index >= 15 is 0 Å². The number of nitrogens with zero attached hydrogens (tertiary/aromatic N) is 2. The predicted octanol–water partition coefficient (Wildman–Crippen LogP) is 8.10. The van der Waals surface area contributed by atoms with Gasteiger partial charge in [-0.25, -0.2) is 0 Å². The van der Waals surface area contributed by atoms with Crippen LogP contribution in [0.3, 0.4) is 0 Å². The third kappa shape index (κ3) is 3.55. The second kappa shape index (κ2) is 8.34. The standard InChI is InChI=1S/C30H24N2S/c33-26-17-19-30-28(21-26)27-20-25(16-18-29(27)32(30)24-14-8-3-9-15-24)31(22-10-4-1-5-11-22)23-12-6-2-7-13-23/h1-12,14-21,23,33H,13H2. The summed E-state index contributed by atoms with van der Waals surface area (Å²) >= 11 is 4.65. The number of rotatable bonds is 4. The van der Waals surface area contributed by atoms with Crippen molar-refractivity contribution in [2.24, 2.45) is 0 Å². The first kappa shape index (κ1) is 20.0. The first-order valence-electron chi connectivity index (χ1n) is 11.3. The smallest absolute Gasteiger partial charge is 0.0559 e. The van der Waals surface area contributed by atoms with Crippen LogP contribution in [0.25, 0.3) is 27.5 Å². The van der Waals surface area contributed by atoms with Gasteiger partial charge >= 0.3 is 0 Å². The van der Waals surface area contributed by atoms with E-state index in [9.17, 15) is 0 Å². The fourth-order valence-corrected chi connectivity index (χ4v) is 5.09. The van der Waals surface area contributed by atoms with Gasteiger partial charge < -0.3 is 9.47 Å². The van der Waals surface area contributed by atoms with Crippen LogP contribution in [0.1, 0.15) is 6.42 Å². The van der Waals surface area contributed by atoms with Crippen LogP contribution in [0.15, 0.2) is 126 Å². The monoisotopic (exact) mass is 444 g/mol. The van der Waals surface area contributed by atoms with Crippen LogP contribution in [0, 0.1) is 0 Å². The molecule has 3 heteroatoms. The van der Waals surface area contributed by atoms with Crippen LogP contribution in [-0.2, 0) is 0 Å². The normalized spacial score (nSPS) is 15.4. The molecule has 5 aromatic rings. The number of benzene rings is 4. The molecule has 160 valence electrons. The number of allylic oxidation sites excluding steroid dienone is 2. The second-order valence-electron chi connectivity index (χ2n) is 8.40. The second-order valence-corrected chi connectivity index (χ2v) is 8.91. The summed E-state index contributed by atoms with van der Waals surface area (Å²) in [4.78, 5) is 3.41. The molecule has 0 bridgehead atoms. The Balaban J connectivity index is 1.60. The van der Waals surface area contributed by atoms with Gasteiger partial charge in [-0.1, -0.05) is 60.7 Å². The van der Waals surface area contributed by atoms with Crippen molar-refractivity contribution in [1.29, 1.82) is 0 Å². The number of thiol groups is 1. The summed E-state index contributed by atoms with van der Waals surface area (Å²) < 4.78 is 2.35. The van der Waals surface area contributed by atoms with E-state index in [-0.39, 0.29) is 6.04 Å². The van der Waals surface area contributed by atoms with Crippen molar-refractivity contribution in [2.75, 3.05) is 4.90 Å². The highest BCUT2D eigenvalue weighted by molar-refractivity contribution is 7.80. The van der Waals surface area contributed by atoms with Crippen LogP contribution >= 0.6 is 12.6 Å².